The van der Waals surface area contributed by atoms with Crippen molar-refractivity contribution in [1.29, 1.82) is 0 Å². The molecule has 1 heterocycles. The Morgan fingerprint density at radius 3 is 2.50 bits per heavy atom. The van der Waals surface area contributed by atoms with Crippen LogP contribution in [0.4, 0.5) is 0 Å². The first-order valence-electron chi connectivity index (χ1n) is 4.45. The number of rotatable bonds is 3. The Hall–Kier alpha value is 0.120. The summed E-state index contributed by atoms with van der Waals surface area (Å²) in [4.78, 5) is 0. The smallest absolute Gasteiger partial charge is 0.281 e. The van der Waals surface area contributed by atoms with Crippen molar-refractivity contribution in [3.63, 3.8) is 0 Å². The van der Waals surface area contributed by atoms with Crippen LogP contribution in [0.2, 0.25) is 0 Å². The van der Waals surface area contributed by atoms with Crippen LogP contribution in [0.25, 0.3) is 0 Å². The Morgan fingerprint density at radius 1 is 1.57 bits per heavy atom. The molecule has 0 unspecified atom stereocenters. The molecular weight excluding hydrogens is 226 g/mol. The number of nitrogens with zero attached hydrogens (tertiary/aromatic N) is 2. The molecule has 1 saturated heterocycles. The van der Waals surface area contributed by atoms with Gasteiger partial charge in [-0.1, -0.05) is 6.92 Å². The lowest BCUT2D eigenvalue weighted by Crippen LogP contribution is -2.41. The largest absolute Gasteiger partial charge is 0.326 e. The van der Waals surface area contributed by atoms with Gasteiger partial charge in [-0.2, -0.15) is 17.0 Å². The molecule has 0 aromatic carbocycles. The Kier molecular flexibility index (Phi) is 5.32. The molecule has 0 aromatic rings. The molecule has 0 spiro atoms. The first-order chi connectivity index (χ1) is 5.98. The quantitative estimate of drug-likeness (QED) is 0.736. The van der Waals surface area contributed by atoms with E-state index in [1.807, 2.05) is 6.92 Å². The molecule has 1 atom stereocenters. The van der Waals surface area contributed by atoms with Crippen LogP contribution >= 0.6 is 12.4 Å². The van der Waals surface area contributed by atoms with Crippen molar-refractivity contribution in [3.05, 3.63) is 0 Å². The molecule has 1 aliphatic heterocycles. The number of hydrogen-bond acceptors (Lipinski definition) is 3. The van der Waals surface area contributed by atoms with Crippen LogP contribution < -0.4 is 5.73 Å². The zero-order valence-corrected chi connectivity index (χ0v) is 10.1. The highest BCUT2D eigenvalue weighted by Gasteiger charge is 2.31. The van der Waals surface area contributed by atoms with E-state index in [-0.39, 0.29) is 18.4 Å². The number of halogens is 1. The molecule has 7 heteroatoms. The van der Waals surface area contributed by atoms with Gasteiger partial charge in [0.15, 0.2) is 0 Å². The van der Waals surface area contributed by atoms with E-state index in [9.17, 15) is 8.42 Å². The van der Waals surface area contributed by atoms with Gasteiger partial charge in [0.2, 0.25) is 0 Å². The molecule has 0 saturated carbocycles. The van der Waals surface area contributed by atoms with E-state index < -0.39 is 10.2 Å². The van der Waals surface area contributed by atoms with Gasteiger partial charge in [-0.15, -0.1) is 12.4 Å². The Labute approximate surface area is 91.8 Å². The molecule has 0 radical (unpaired) electrons. The van der Waals surface area contributed by atoms with E-state index in [4.69, 9.17) is 5.73 Å². The zero-order chi connectivity index (χ0) is 10.1. The number of hydrogen-bond donors (Lipinski definition) is 1. The Bertz CT molecular complexity index is 270. The molecule has 0 aromatic heterocycles. The SMILES string of the molecule is CCN(C)S(=O)(=O)N1CC[C@@H](N)C1.Cl. The van der Waals surface area contributed by atoms with Crippen molar-refractivity contribution >= 4 is 22.6 Å². The highest BCUT2D eigenvalue weighted by Crippen LogP contribution is 2.14. The fraction of sp³-hybridized carbons (Fsp3) is 1.00. The van der Waals surface area contributed by atoms with Crippen molar-refractivity contribution in [1.82, 2.24) is 8.61 Å². The van der Waals surface area contributed by atoms with Crippen molar-refractivity contribution in [3.8, 4) is 0 Å². The van der Waals surface area contributed by atoms with E-state index in [1.54, 1.807) is 7.05 Å². The molecule has 1 aliphatic rings. The Morgan fingerprint density at radius 2 is 2.14 bits per heavy atom. The van der Waals surface area contributed by atoms with E-state index in [0.717, 1.165) is 6.42 Å². The van der Waals surface area contributed by atoms with Crippen LogP contribution in [0.3, 0.4) is 0 Å². The van der Waals surface area contributed by atoms with Gasteiger partial charge in [-0.3, -0.25) is 0 Å². The molecule has 1 fully saturated rings. The first kappa shape index (κ1) is 14.1. The molecule has 0 aliphatic carbocycles. The molecule has 0 amide bonds. The summed E-state index contributed by atoms with van der Waals surface area (Å²) in [5.74, 6) is 0. The third kappa shape index (κ3) is 2.80. The summed E-state index contributed by atoms with van der Waals surface area (Å²) in [5, 5.41) is 0. The summed E-state index contributed by atoms with van der Waals surface area (Å²) in [6.07, 6.45) is 0.761. The van der Waals surface area contributed by atoms with Crippen LogP contribution in [-0.2, 0) is 10.2 Å². The third-order valence-electron chi connectivity index (χ3n) is 2.35. The van der Waals surface area contributed by atoms with Gasteiger partial charge in [0.05, 0.1) is 0 Å². The zero-order valence-electron chi connectivity index (χ0n) is 8.51. The van der Waals surface area contributed by atoms with Crippen LogP contribution in [0.15, 0.2) is 0 Å². The second-order valence-electron chi connectivity index (χ2n) is 3.33. The maximum Gasteiger partial charge on any atom is 0.281 e. The van der Waals surface area contributed by atoms with Gasteiger partial charge < -0.3 is 5.73 Å². The van der Waals surface area contributed by atoms with Gasteiger partial charge >= 0.3 is 0 Å². The summed E-state index contributed by atoms with van der Waals surface area (Å²) in [6.45, 7) is 3.31. The van der Waals surface area contributed by atoms with Crippen molar-refractivity contribution in [2.45, 2.75) is 19.4 Å². The van der Waals surface area contributed by atoms with Gasteiger partial charge in [-0.25, -0.2) is 0 Å². The molecule has 5 nitrogen and oxygen atoms in total. The normalized spacial score (nSPS) is 23.9. The average molecular weight is 244 g/mol. The topological polar surface area (TPSA) is 66.6 Å². The highest BCUT2D eigenvalue weighted by molar-refractivity contribution is 7.86. The van der Waals surface area contributed by atoms with Gasteiger partial charge in [0.1, 0.15) is 0 Å². The second kappa shape index (κ2) is 5.27. The lowest BCUT2D eigenvalue weighted by Gasteiger charge is -2.22. The fourth-order valence-corrected chi connectivity index (χ4v) is 2.76. The molecule has 2 N–H and O–H groups in total. The summed E-state index contributed by atoms with van der Waals surface area (Å²) < 4.78 is 26.2. The van der Waals surface area contributed by atoms with Crippen molar-refractivity contribution < 1.29 is 8.42 Å². The summed E-state index contributed by atoms with van der Waals surface area (Å²) in [7, 11) is -1.65. The van der Waals surface area contributed by atoms with Gasteiger partial charge in [0.25, 0.3) is 10.2 Å². The molecular formula is C7H18ClN3O2S. The predicted molar refractivity (Wildman–Crippen MR) is 58.6 cm³/mol. The minimum Gasteiger partial charge on any atom is -0.326 e. The minimum absolute atomic E-state index is 0. The van der Waals surface area contributed by atoms with E-state index in [1.165, 1.54) is 8.61 Å². The summed E-state index contributed by atoms with van der Waals surface area (Å²) in [6, 6.07) is 0.0000288. The van der Waals surface area contributed by atoms with Crippen LogP contribution in [0.1, 0.15) is 13.3 Å². The van der Waals surface area contributed by atoms with Crippen LogP contribution in [0, 0.1) is 0 Å². The lowest BCUT2D eigenvalue weighted by molar-refractivity contribution is 0.401. The molecule has 0 bridgehead atoms. The van der Waals surface area contributed by atoms with E-state index in [2.05, 4.69) is 0 Å². The second-order valence-corrected chi connectivity index (χ2v) is 5.36. The third-order valence-corrected chi connectivity index (χ3v) is 4.38. The van der Waals surface area contributed by atoms with Crippen LogP contribution in [-0.4, -0.2) is 49.8 Å². The maximum atomic E-state index is 11.7. The monoisotopic (exact) mass is 243 g/mol. The fourth-order valence-electron chi connectivity index (χ4n) is 1.32. The van der Waals surface area contributed by atoms with Crippen molar-refractivity contribution in [2.24, 2.45) is 5.73 Å². The lowest BCUT2D eigenvalue weighted by atomic mass is 10.3. The summed E-state index contributed by atoms with van der Waals surface area (Å²) in [5.41, 5.74) is 5.64. The van der Waals surface area contributed by atoms with Crippen LogP contribution in [0.5, 0.6) is 0 Å². The summed E-state index contributed by atoms with van der Waals surface area (Å²) >= 11 is 0. The van der Waals surface area contributed by atoms with Crippen molar-refractivity contribution in [2.75, 3.05) is 26.7 Å². The molecule has 14 heavy (non-hydrogen) atoms. The minimum atomic E-state index is -3.24. The maximum absolute atomic E-state index is 11.7. The average Bonchev–Trinajstić information content (AvgIpc) is 2.50. The first-order valence-corrected chi connectivity index (χ1v) is 5.85. The highest BCUT2D eigenvalue weighted by atomic mass is 35.5. The predicted octanol–water partition coefficient (Wildman–Crippen LogP) is -0.362. The number of nitrogens with two attached hydrogens (primary N) is 1. The molecule has 1 rings (SSSR count). The Balaban J connectivity index is 0.00000169. The standard InChI is InChI=1S/C7H17N3O2S.ClH/c1-3-9(2)13(11,12)10-5-4-7(8)6-10;/h7H,3-6,8H2,1-2H3;1H/t7-;/m1./s1. The van der Waals surface area contributed by atoms with Gasteiger partial charge in [0, 0.05) is 32.7 Å². The van der Waals surface area contributed by atoms with E-state index in [0.29, 0.717) is 19.6 Å². The van der Waals surface area contributed by atoms with Gasteiger partial charge in [-0.05, 0) is 6.42 Å². The molecule has 86 valence electrons. The van der Waals surface area contributed by atoms with E-state index >= 15 is 0 Å².